The molecule has 1 atom stereocenters. The molecule has 0 saturated heterocycles. The van der Waals surface area contributed by atoms with Crippen LogP contribution in [0.2, 0.25) is 0 Å². The number of hydrogen-bond donors (Lipinski definition) is 3. The maximum atomic E-state index is 13.8. The van der Waals surface area contributed by atoms with Crippen molar-refractivity contribution < 1.29 is 24.2 Å². The molecule has 0 aliphatic rings. The number of thiazole rings is 1. The first-order valence-corrected chi connectivity index (χ1v) is 9.23. The SMILES string of the molecule is O=C(N[C@@H](Cc1ccc(O)cc1)C(=O)O)c1cnc(Cc2ccccc2F)s1. The van der Waals surface area contributed by atoms with E-state index in [0.29, 0.717) is 16.1 Å². The Morgan fingerprint density at radius 1 is 1.14 bits per heavy atom. The molecular formula is C20H17FN2O4S. The predicted molar refractivity (Wildman–Crippen MR) is 102 cm³/mol. The topological polar surface area (TPSA) is 99.5 Å². The molecule has 3 N–H and O–H groups in total. The van der Waals surface area contributed by atoms with Crippen LogP contribution in [0.1, 0.15) is 25.8 Å². The van der Waals surface area contributed by atoms with Gasteiger partial charge in [-0.3, -0.25) is 4.79 Å². The Balaban J connectivity index is 1.67. The number of nitrogens with one attached hydrogen (secondary N) is 1. The number of amides is 1. The highest BCUT2D eigenvalue weighted by molar-refractivity contribution is 7.13. The van der Waals surface area contributed by atoms with Gasteiger partial charge in [0, 0.05) is 12.8 Å². The summed E-state index contributed by atoms with van der Waals surface area (Å²) in [6.07, 6.45) is 1.68. The van der Waals surface area contributed by atoms with E-state index >= 15 is 0 Å². The van der Waals surface area contributed by atoms with Crippen molar-refractivity contribution in [2.45, 2.75) is 18.9 Å². The highest BCUT2D eigenvalue weighted by Crippen LogP contribution is 2.19. The summed E-state index contributed by atoms with van der Waals surface area (Å²) < 4.78 is 13.8. The number of hydrogen-bond acceptors (Lipinski definition) is 5. The van der Waals surface area contributed by atoms with Crippen molar-refractivity contribution in [3.8, 4) is 5.75 Å². The summed E-state index contributed by atoms with van der Waals surface area (Å²) in [6.45, 7) is 0. The molecule has 0 saturated carbocycles. The van der Waals surface area contributed by atoms with Crippen molar-refractivity contribution in [3.05, 3.63) is 81.6 Å². The molecule has 8 heteroatoms. The number of rotatable bonds is 7. The first kappa shape index (κ1) is 19.5. The molecule has 144 valence electrons. The summed E-state index contributed by atoms with van der Waals surface area (Å²) in [5, 5.41) is 21.7. The minimum absolute atomic E-state index is 0.0717. The Morgan fingerprint density at radius 3 is 2.54 bits per heavy atom. The third kappa shape index (κ3) is 4.92. The van der Waals surface area contributed by atoms with Gasteiger partial charge in [0.15, 0.2) is 0 Å². The van der Waals surface area contributed by atoms with E-state index in [2.05, 4.69) is 10.3 Å². The number of phenols is 1. The number of carbonyl (C=O) groups is 2. The maximum absolute atomic E-state index is 13.8. The number of carbonyl (C=O) groups excluding carboxylic acids is 1. The molecule has 6 nitrogen and oxygen atoms in total. The first-order chi connectivity index (χ1) is 13.4. The molecule has 1 aromatic heterocycles. The van der Waals surface area contributed by atoms with Gasteiger partial charge in [-0.05, 0) is 29.3 Å². The standard InChI is InChI=1S/C20H17FN2O4S/c21-15-4-2-1-3-13(15)10-18-22-11-17(28-18)19(25)23-16(20(26)27)9-12-5-7-14(24)8-6-12/h1-8,11,16,24H,9-10H2,(H,23,25)(H,26,27)/t16-/m0/s1. The zero-order chi connectivity index (χ0) is 20.1. The van der Waals surface area contributed by atoms with E-state index in [1.165, 1.54) is 24.4 Å². The number of aromatic hydroxyl groups is 1. The molecule has 1 heterocycles. The highest BCUT2D eigenvalue weighted by atomic mass is 32.1. The van der Waals surface area contributed by atoms with Crippen LogP contribution >= 0.6 is 11.3 Å². The molecule has 0 aliphatic heterocycles. The van der Waals surface area contributed by atoms with E-state index in [9.17, 15) is 24.2 Å². The van der Waals surface area contributed by atoms with Crippen LogP contribution in [-0.2, 0) is 17.6 Å². The molecule has 0 spiro atoms. The van der Waals surface area contributed by atoms with Crippen LogP contribution < -0.4 is 5.32 Å². The van der Waals surface area contributed by atoms with Gasteiger partial charge in [0.05, 0.1) is 11.2 Å². The van der Waals surface area contributed by atoms with Crippen molar-refractivity contribution in [3.63, 3.8) is 0 Å². The van der Waals surface area contributed by atoms with E-state index in [0.717, 1.165) is 11.3 Å². The summed E-state index contributed by atoms with van der Waals surface area (Å²) in [5.74, 6) is -1.99. The van der Waals surface area contributed by atoms with Gasteiger partial charge in [-0.15, -0.1) is 11.3 Å². The van der Waals surface area contributed by atoms with Crippen molar-refractivity contribution in [2.75, 3.05) is 0 Å². The fourth-order valence-corrected chi connectivity index (χ4v) is 3.44. The number of carboxylic acids is 1. The quantitative estimate of drug-likeness (QED) is 0.566. The average Bonchev–Trinajstić information content (AvgIpc) is 3.13. The Bertz CT molecular complexity index is 988. The molecule has 0 aliphatic carbocycles. The monoisotopic (exact) mass is 400 g/mol. The van der Waals surface area contributed by atoms with Crippen LogP contribution in [0.4, 0.5) is 4.39 Å². The van der Waals surface area contributed by atoms with Crippen molar-refractivity contribution in [1.29, 1.82) is 0 Å². The van der Waals surface area contributed by atoms with Crippen molar-refractivity contribution in [1.82, 2.24) is 10.3 Å². The lowest BCUT2D eigenvalue weighted by atomic mass is 10.1. The lowest BCUT2D eigenvalue weighted by Gasteiger charge is -2.14. The lowest BCUT2D eigenvalue weighted by Crippen LogP contribution is -2.42. The summed E-state index contributed by atoms with van der Waals surface area (Å²) in [6, 6.07) is 11.3. The minimum Gasteiger partial charge on any atom is -0.508 e. The minimum atomic E-state index is -1.17. The van der Waals surface area contributed by atoms with E-state index in [-0.39, 0.29) is 29.3 Å². The molecular weight excluding hydrogens is 383 g/mol. The van der Waals surface area contributed by atoms with E-state index in [4.69, 9.17) is 0 Å². The predicted octanol–water partition coefficient (Wildman–Crippen LogP) is 3.00. The first-order valence-electron chi connectivity index (χ1n) is 8.42. The van der Waals surface area contributed by atoms with Gasteiger partial charge >= 0.3 is 5.97 Å². The van der Waals surface area contributed by atoms with Crippen LogP contribution in [0.15, 0.2) is 54.7 Å². The Morgan fingerprint density at radius 2 is 1.86 bits per heavy atom. The number of nitrogens with zero attached hydrogens (tertiary/aromatic N) is 1. The number of carboxylic acid groups (broad SMARTS) is 1. The number of halogens is 1. The van der Waals surface area contributed by atoms with Crippen LogP contribution in [0, 0.1) is 5.82 Å². The second-order valence-electron chi connectivity index (χ2n) is 6.12. The molecule has 2 aromatic carbocycles. The average molecular weight is 400 g/mol. The molecule has 3 rings (SSSR count). The van der Waals surface area contributed by atoms with Crippen LogP contribution in [0.25, 0.3) is 0 Å². The molecule has 0 fully saturated rings. The summed E-state index contributed by atoms with van der Waals surface area (Å²) in [5.41, 5.74) is 1.13. The maximum Gasteiger partial charge on any atom is 0.326 e. The normalized spacial score (nSPS) is 11.8. The van der Waals surface area contributed by atoms with E-state index < -0.39 is 17.9 Å². The molecule has 28 heavy (non-hydrogen) atoms. The Hall–Kier alpha value is -3.26. The van der Waals surface area contributed by atoms with Crippen LogP contribution in [-0.4, -0.2) is 33.1 Å². The number of phenolic OH excluding ortho intramolecular Hbond substituents is 1. The van der Waals surface area contributed by atoms with Crippen LogP contribution in [0.5, 0.6) is 5.75 Å². The third-order valence-electron chi connectivity index (χ3n) is 4.06. The van der Waals surface area contributed by atoms with Gasteiger partial charge in [-0.2, -0.15) is 0 Å². The summed E-state index contributed by atoms with van der Waals surface area (Å²) in [7, 11) is 0. The number of aliphatic carboxylic acids is 1. The van der Waals surface area contributed by atoms with Crippen molar-refractivity contribution in [2.24, 2.45) is 0 Å². The van der Waals surface area contributed by atoms with E-state index in [1.54, 1.807) is 30.3 Å². The van der Waals surface area contributed by atoms with Crippen molar-refractivity contribution >= 4 is 23.2 Å². The lowest BCUT2D eigenvalue weighted by molar-refractivity contribution is -0.139. The van der Waals surface area contributed by atoms with Crippen LogP contribution in [0.3, 0.4) is 0 Å². The van der Waals surface area contributed by atoms with Gasteiger partial charge in [-0.1, -0.05) is 30.3 Å². The molecule has 0 radical (unpaired) electrons. The molecule has 0 unspecified atom stereocenters. The second-order valence-corrected chi connectivity index (χ2v) is 7.24. The zero-order valence-corrected chi connectivity index (χ0v) is 15.4. The largest absolute Gasteiger partial charge is 0.508 e. The van der Waals surface area contributed by atoms with Gasteiger partial charge in [0.2, 0.25) is 0 Å². The van der Waals surface area contributed by atoms with E-state index in [1.807, 2.05) is 0 Å². The Kier molecular flexibility index (Phi) is 6.00. The van der Waals surface area contributed by atoms with Gasteiger partial charge < -0.3 is 15.5 Å². The molecule has 1 amide bonds. The fraction of sp³-hybridized carbons (Fsp3) is 0.150. The number of benzene rings is 2. The van der Waals surface area contributed by atoms with Gasteiger partial charge in [0.1, 0.15) is 22.5 Å². The third-order valence-corrected chi connectivity index (χ3v) is 5.05. The Labute approximate surface area is 164 Å². The summed E-state index contributed by atoms with van der Waals surface area (Å²) in [4.78, 5) is 28.3. The molecule has 0 bridgehead atoms. The van der Waals surface area contributed by atoms with Gasteiger partial charge in [-0.25, -0.2) is 14.2 Å². The highest BCUT2D eigenvalue weighted by Gasteiger charge is 2.22. The molecule has 3 aromatic rings. The summed E-state index contributed by atoms with van der Waals surface area (Å²) >= 11 is 1.09. The smallest absolute Gasteiger partial charge is 0.326 e. The fourth-order valence-electron chi connectivity index (χ4n) is 2.60. The zero-order valence-electron chi connectivity index (χ0n) is 14.6. The second kappa shape index (κ2) is 8.62. The van der Waals surface area contributed by atoms with Gasteiger partial charge in [0.25, 0.3) is 5.91 Å². The number of aromatic nitrogens is 1.